The van der Waals surface area contributed by atoms with E-state index in [1.807, 2.05) is 42.5 Å². The Bertz CT molecular complexity index is 983. The Balaban J connectivity index is 1.72. The molecule has 0 saturated carbocycles. The van der Waals surface area contributed by atoms with Crippen LogP contribution in [-0.2, 0) is 0 Å². The quantitative estimate of drug-likeness (QED) is 0.598. The van der Waals surface area contributed by atoms with Crippen LogP contribution in [0.15, 0.2) is 66.7 Å². The maximum Gasteiger partial charge on any atom is 0.221 e. The maximum atomic E-state index is 9.78. The smallest absolute Gasteiger partial charge is 0.221 e. The van der Waals surface area contributed by atoms with E-state index >= 15 is 0 Å². The fraction of sp³-hybridized carbons (Fsp3) is 0. The van der Waals surface area contributed by atoms with Gasteiger partial charge in [-0.25, -0.2) is 9.97 Å². The van der Waals surface area contributed by atoms with Crippen molar-refractivity contribution < 1.29 is 9.84 Å². The molecule has 0 radical (unpaired) electrons. The van der Waals surface area contributed by atoms with Crippen molar-refractivity contribution in [3.63, 3.8) is 0 Å². The lowest BCUT2D eigenvalue weighted by molar-refractivity contribution is 0.448. The molecule has 4 rings (SSSR count). The number of hydrogen-bond donors (Lipinski definition) is 1. The van der Waals surface area contributed by atoms with Gasteiger partial charge in [0, 0.05) is 22.9 Å². The highest BCUT2D eigenvalue weighted by atomic mass is 16.5. The fourth-order valence-electron chi connectivity index (χ4n) is 2.39. The van der Waals surface area contributed by atoms with E-state index in [0.29, 0.717) is 22.7 Å². The highest BCUT2D eigenvalue weighted by molar-refractivity contribution is 5.85. The number of phenols is 1. The van der Waals surface area contributed by atoms with Crippen LogP contribution in [0.25, 0.3) is 21.8 Å². The van der Waals surface area contributed by atoms with Gasteiger partial charge in [0.05, 0.1) is 11.0 Å². The molecule has 0 saturated heterocycles. The average molecular weight is 288 g/mol. The zero-order valence-electron chi connectivity index (χ0n) is 11.6. The first-order chi connectivity index (χ1) is 10.8. The molecule has 0 aliphatic carbocycles. The molecule has 2 aromatic carbocycles. The van der Waals surface area contributed by atoms with Gasteiger partial charge in [-0.05, 0) is 30.3 Å². The van der Waals surface area contributed by atoms with Crippen molar-refractivity contribution in [2.75, 3.05) is 0 Å². The molecule has 0 amide bonds. The number of hydrogen-bond acceptors (Lipinski definition) is 4. The Kier molecular flexibility index (Phi) is 2.86. The van der Waals surface area contributed by atoms with Gasteiger partial charge in [-0.2, -0.15) is 0 Å². The lowest BCUT2D eigenvalue weighted by atomic mass is 10.2. The molecule has 0 bridgehead atoms. The van der Waals surface area contributed by atoms with Crippen LogP contribution in [0, 0.1) is 0 Å². The third kappa shape index (κ3) is 2.20. The predicted molar refractivity (Wildman–Crippen MR) is 85.2 cm³/mol. The van der Waals surface area contributed by atoms with E-state index in [2.05, 4.69) is 9.97 Å². The zero-order chi connectivity index (χ0) is 14.9. The SMILES string of the molecule is Oc1cccc2nc(Oc3ccc4ccccc4n3)ccc12. The number of para-hydroxylation sites is 1. The van der Waals surface area contributed by atoms with E-state index in [0.717, 1.165) is 10.9 Å². The number of fused-ring (bicyclic) bond motifs is 2. The predicted octanol–water partition coefficient (Wildman–Crippen LogP) is 4.28. The molecule has 0 atom stereocenters. The van der Waals surface area contributed by atoms with E-state index in [-0.39, 0.29) is 5.75 Å². The maximum absolute atomic E-state index is 9.78. The molecule has 4 nitrogen and oxygen atoms in total. The van der Waals surface area contributed by atoms with Gasteiger partial charge in [0.15, 0.2) is 0 Å². The number of ether oxygens (including phenoxy) is 1. The molecule has 0 aliphatic heterocycles. The van der Waals surface area contributed by atoms with Crippen LogP contribution in [0.2, 0.25) is 0 Å². The number of phenolic OH excluding ortho intramolecular Hbond substituents is 1. The molecule has 2 aromatic heterocycles. The summed E-state index contributed by atoms with van der Waals surface area (Å²) in [6.45, 7) is 0. The Morgan fingerprint density at radius 3 is 2.32 bits per heavy atom. The lowest BCUT2D eigenvalue weighted by Crippen LogP contribution is -1.91. The van der Waals surface area contributed by atoms with Crippen molar-refractivity contribution >= 4 is 21.8 Å². The lowest BCUT2D eigenvalue weighted by Gasteiger charge is -2.06. The fourth-order valence-corrected chi connectivity index (χ4v) is 2.39. The van der Waals surface area contributed by atoms with Crippen LogP contribution in [0.4, 0.5) is 0 Å². The molecule has 4 heteroatoms. The van der Waals surface area contributed by atoms with Gasteiger partial charge in [-0.3, -0.25) is 0 Å². The number of aromatic nitrogens is 2. The molecule has 4 aromatic rings. The summed E-state index contributed by atoms with van der Waals surface area (Å²) < 4.78 is 5.73. The monoisotopic (exact) mass is 288 g/mol. The van der Waals surface area contributed by atoms with Gasteiger partial charge < -0.3 is 9.84 Å². The summed E-state index contributed by atoms with van der Waals surface area (Å²) >= 11 is 0. The third-order valence-electron chi connectivity index (χ3n) is 3.47. The number of pyridine rings is 2. The Morgan fingerprint density at radius 1 is 0.682 bits per heavy atom. The molecule has 0 spiro atoms. The van der Waals surface area contributed by atoms with E-state index < -0.39 is 0 Å². The first-order valence-electron chi connectivity index (χ1n) is 6.92. The normalized spacial score (nSPS) is 10.9. The molecule has 0 unspecified atom stereocenters. The first kappa shape index (κ1) is 12.6. The average Bonchev–Trinajstić information content (AvgIpc) is 2.55. The minimum Gasteiger partial charge on any atom is -0.507 e. The van der Waals surface area contributed by atoms with Crippen LogP contribution in [0.5, 0.6) is 17.5 Å². The van der Waals surface area contributed by atoms with Crippen molar-refractivity contribution in [2.45, 2.75) is 0 Å². The molecule has 0 fully saturated rings. The number of rotatable bonds is 2. The number of benzene rings is 2. The van der Waals surface area contributed by atoms with Crippen LogP contribution in [0.3, 0.4) is 0 Å². The Labute approximate surface area is 126 Å². The topological polar surface area (TPSA) is 55.2 Å². The van der Waals surface area contributed by atoms with Crippen LogP contribution >= 0.6 is 0 Å². The van der Waals surface area contributed by atoms with Crippen molar-refractivity contribution in [3.05, 3.63) is 66.7 Å². The van der Waals surface area contributed by atoms with Crippen molar-refractivity contribution in [2.24, 2.45) is 0 Å². The van der Waals surface area contributed by atoms with Gasteiger partial charge >= 0.3 is 0 Å². The van der Waals surface area contributed by atoms with Gasteiger partial charge in [0.25, 0.3) is 0 Å². The van der Waals surface area contributed by atoms with Gasteiger partial charge in [0.1, 0.15) is 5.75 Å². The second kappa shape index (κ2) is 5.00. The second-order valence-corrected chi connectivity index (χ2v) is 4.94. The van der Waals surface area contributed by atoms with E-state index in [1.54, 1.807) is 24.3 Å². The van der Waals surface area contributed by atoms with Gasteiger partial charge in [0.2, 0.25) is 11.8 Å². The van der Waals surface area contributed by atoms with Crippen LogP contribution < -0.4 is 4.74 Å². The van der Waals surface area contributed by atoms with E-state index in [4.69, 9.17) is 4.74 Å². The van der Waals surface area contributed by atoms with E-state index in [9.17, 15) is 5.11 Å². The molecule has 22 heavy (non-hydrogen) atoms. The zero-order valence-corrected chi connectivity index (χ0v) is 11.6. The molecule has 2 heterocycles. The molecule has 106 valence electrons. The van der Waals surface area contributed by atoms with Gasteiger partial charge in [-0.15, -0.1) is 0 Å². The summed E-state index contributed by atoms with van der Waals surface area (Å²) in [5.74, 6) is 1.15. The summed E-state index contributed by atoms with van der Waals surface area (Å²) in [5.41, 5.74) is 1.55. The van der Waals surface area contributed by atoms with E-state index in [1.165, 1.54) is 0 Å². The number of aromatic hydroxyl groups is 1. The summed E-state index contributed by atoms with van der Waals surface area (Å²) in [5, 5.41) is 11.5. The molecule has 0 aliphatic rings. The minimum atomic E-state index is 0.209. The van der Waals surface area contributed by atoms with Crippen LogP contribution in [0.1, 0.15) is 0 Å². The molecular weight excluding hydrogens is 276 g/mol. The summed E-state index contributed by atoms with van der Waals surface area (Å²) in [7, 11) is 0. The van der Waals surface area contributed by atoms with Crippen LogP contribution in [-0.4, -0.2) is 15.1 Å². The highest BCUT2D eigenvalue weighted by Gasteiger charge is 2.05. The van der Waals surface area contributed by atoms with Crippen molar-refractivity contribution in [1.29, 1.82) is 0 Å². The summed E-state index contributed by atoms with van der Waals surface area (Å²) in [6.07, 6.45) is 0. The molecular formula is C18H12N2O2. The highest BCUT2D eigenvalue weighted by Crippen LogP contribution is 2.27. The van der Waals surface area contributed by atoms with Crippen molar-refractivity contribution in [3.8, 4) is 17.5 Å². The first-order valence-corrected chi connectivity index (χ1v) is 6.92. The number of nitrogens with zero attached hydrogens (tertiary/aromatic N) is 2. The minimum absolute atomic E-state index is 0.209. The Hall–Kier alpha value is -3.14. The third-order valence-corrected chi connectivity index (χ3v) is 3.47. The second-order valence-electron chi connectivity index (χ2n) is 4.94. The summed E-state index contributed by atoms with van der Waals surface area (Å²) in [6, 6.07) is 20.4. The Morgan fingerprint density at radius 2 is 1.41 bits per heavy atom. The molecule has 1 N–H and O–H groups in total. The standard InChI is InChI=1S/C18H12N2O2/c21-16-7-3-6-15-13(16)9-11-18(20-15)22-17-10-8-12-4-1-2-5-14(12)19-17/h1-11,21H. The van der Waals surface area contributed by atoms with Crippen molar-refractivity contribution in [1.82, 2.24) is 9.97 Å². The summed E-state index contributed by atoms with van der Waals surface area (Å²) in [4.78, 5) is 8.85. The largest absolute Gasteiger partial charge is 0.507 e. The van der Waals surface area contributed by atoms with Gasteiger partial charge in [-0.1, -0.05) is 24.3 Å².